The smallest absolute Gasteiger partial charge is 0.338 e. The molecule has 202 valence electrons. The van der Waals surface area contributed by atoms with Gasteiger partial charge in [-0.05, 0) is 59.7 Å². The van der Waals surface area contributed by atoms with Crippen LogP contribution in [0.25, 0.3) is 0 Å². The third kappa shape index (κ3) is 7.02. The van der Waals surface area contributed by atoms with Crippen LogP contribution in [0.15, 0.2) is 72.8 Å². The molecule has 0 aliphatic carbocycles. The van der Waals surface area contributed by atoms with Gasteiger partial charge in [-0.25, -0.2) is 4.79 Å². The van der Waals surface area contributed by atoms with Crippen LogP contribution in [0.1, 0.15) is 21.5 Å². The average Bonchev–Trinajstić information content (AvgIpc) is 2.97. The summed E-state index contributed by atoms with van der Waals surface area (Å²) in [6.45, 7) is 0.511. The minimum absolute atomic E-state index is 0.0567. The molecule has 0 aromatic heterocycles. The second-order valence-electron chi connectivity index (χ2n) is 8.64. The van der Waals surface area contributed by atoms with Gasteiger partial charge in [-0.2, -0.15) is 0 Å². The maximum absolute atomic E-state index is 12.9. The van der Waals surface area contributed by atoms with E-state index in [0.29, 0.717) is 11.3 Å². The Kier molecular flexibility index (Phi) is 9.56. The minimum Gasteiger partial charge on any atom is -0.497 e. The normalized spacial score (nSPS) is 20.9. The molecule has 9 nitrogen and oxygen atoms in total. The van der Waals surface area contributed by atoms with E-state index in [1.54, 1.807) is 45.6 Å². The second kappa shape index (κ2) is 13.3. The van der Waals surface area contributed by atoms with Crippen LogP contribution in [0, 0.1) is 0 Å². The van der Waals surface area contributed by atoms with Crippen molar-refractivity contribution >= 4 is 5.97 Å². The molecule has 0 unspecified atom stereocenters. The van der Waals surface area contributed by atoms with Gasteiger partial charge in [-0.15, -0.1) is 0 Å². The summed E-state index contributed by atoms with van der Waals surface area (Å²) in [7, 11) is 4.75. The Labute approximate surface area is 221 Å². The van der Waals surface area contributed by atoms with E-state index >= 15 is 0 Å². The SMILES string of the molecule is COc1ccc(CO[C@@H]2[C@@H](OC(=O)c3ccc(OC)cc3)[C@H](O)OC[C@H]2OCc2ccc(OC)cc2)cc1. The Morgan fingerprint density at radius 2 is 1.21 bits per heavy atom. The summed E-state index contributed by atoms with van der Waals surface area (Å²) in [5, 5.41) is 10.7. The number of aliphatic hydroxyl groups is 1. The molecule has 0 radical (unpaired) electrons. The number of carbonyl (C=O) groups is 1. The van der Waals surface area contributed by atoms with Gasteiger partial charge >= 0.3 is 5.97 Å². The Hall–Kier alpha value is -3.63. The number of rotatable bonds is 11. The standard InChI is InChI=1S/C29H32O9/c1-32-22-10-4-19(5-11-22)16-35-25-18-37-29(31)27(38-28(30)21-8-14-24(34-3)15-9-21)26(25)36-17-20-6-12-23(33-2)13-7-20/h4-15,25-27,29,31H,16-18H2,1-3H3/t25-,26+,27-,29-/m1/s1. The zero-order valence-corrected chi connectivity index (χ0v) is 21.6. The van der Waals surface area contributed by atoms with E-state index < -0.39 is 30.6 Å². The van der Waals surface area contributed by atoms with Gasteiger partial charge in [0.15, 0.2) is 12.4 Å². The van der Waals surface area contributed by atoms with Gasteiger partial charge in [-0.3, -0.25) is 0 Å². The maximum atomic E-state index is 12.9. The third-order valence-corrected chi connectivity index (χ3v) is 6.20. The lowest BCUT2D eigenvalue weighted by Gasteiger charge is -2.39. The Balaban J connectivity index is 1.50. The van der Waals surface area contributed by atoms with E-state index in [2.05, 4.69) is 0 Å². The molecule has 3 aromatic rings. The van der Waals surface area contributed by atoms with Crippen molar-refractivity contribution in [3.05, 3.63) is 89.5 Å². The van der Waals surface area contributed by atoms with Gasteiger partial charge < -0.3 is 38.3 Å². The number of hydrogen-bond acceptors (Lipinski definition) is 9. The molecule has 4 rings (SSSR count). The molecule has 1 aliphatic heterocycles. The molecule has 1 fully saturated rings. The summed E-state index contributed by atoms with van der Waals surface area (Å²) in [6.07, 6.45) is -3.94. The quantitative estimate of drug-likeness (QED) is 0.376. The van der Waals surface area contributed by atoms with Crippen LogP contribution in [0.4, 0.5) is 0 Å². The van der Waals surface area contributed by atoms with Crippen LogP contribution in [0.3, 0.4) is 0 Å². The maximum Gasteiger partial charge on any atom is 0.338 e. The summed E-state index contributed by atoms with van der Waals surface area (Å²) in [5.41, 5.74) is 2.09. The second-order valence-corrected chi connectivity index (χ2v) is 8.64. The van der Waals surface area contributed by atoms with Gasteiger partial charge in [0.05, 0.1) is 46.7 Å². The largest absolute Gasteiger partial charge is 0.497 e. The Morgan fingerprint density at radius 1 is 0.737 bits per heavy atom. The van der Waals surface area contributed by atoms with Crippen LogP contribution in [0.2, 0.25) is 0 Å². The molecule has 0 bridgehead atoms. The molecular weight excluding hydrogens is 492 g/mol. The number of hydrogen-bond donors (Lipinski definition) is 1. The lowest BCUT2D eigenvalue weighted by molar-refractivity contribution is -0.272. The summed E-state index contributed by atoms with van der Waals surface area (Å²) >= 11 is 0. The highest BCUT2D eigenvalue weighted by molar-refractivity contribution is 5.89. The van der Waals surface area contributed by atoms with Gasteiger partial charge in [0.2, 0.25) is 0 Å². The first-order valence-corrected chi connectivity index (χ1v) is 12.1. The monoisotopic (exact) mass is 524 g/mol. The summed E-state index contributed by atoms with van der Waals surface area (Å²) in [6, 6.07) is 21.4. The van der Waals surface area contributed by atoms with E-state index in [-0.39, 0.29) is 19.8 Å². The lowest BCUT2D eigenvalue weighted by Crippen LogP contribution is -2.56. The number of esters is 1. The molecule has 0 spiro atoms. The molecular formula is C29H32O9. The van der Waals surface area contributed by atoms with E-state index in [1.807, 2.05) is 48.5 Å². The molecule has 1 saturated heterocycles. The first-order valence-electron chi connectivity index (χ1n) is 12.1. The molecule has 38 heavy (non-hydrogen) atoms. The van der Waals surface area contributed by atoms with Crippen molar-refractivity contribution in [1.82, 2.24) is 0 Å². The fourth-order valence-electron chi connectivity index (χ4n) is 3.99. The van der Waals surface area contributed by atoms with E-state index in [9.17, 15) is 9.90 Å². The van der Waals surface area contributed by atoms with Crippen molar-refractivity contribution in [3.8, 4) is 17.2 Å². The molecule has 3 aromatic carbocycles. The van der Waals surface area contributed by atoms with E-state index in [0.717, 1.165) is 22.6 Å². The van der Waals surface area contributed by atoms with Gasteiger partial charge in [-0.1, -0.05) is 24.3 Å². The number of ether oxygens (including phenoxy) is 7. The van der Waals surface area contributed by atoms with Crippen LogP contribution in [-0.2, 0) is 32.2 Å². The number of carbonyl (C=O) groups excluding carboxylic acids is 1. The summed E-state index contributed by atoms with van der Waals surface area (Å²) < 4.78 is 39.2. The predicted octanol–water partition coefficient (Wildman–Crippen LogP) is 3.76. The number of methoxy groups -OCH3 is 3. The molecule has 1 heterocycles. The molecule has 1 N–H and O–H groups in total. The van der Waals surface area contributed by atoms with Crippen molar-refractivity contribution in [2.75, 3.05) is 27.9 Å². The van der Waals surface area contributed by atoms with E-state index in [4.69, 9.17) is 33.2 Å². The number of benzene rings is 3. The predicted molar refractivity (Wildman–Crippen MR) is 137 cm³/mol. The average molecular weight is 525 g/mol. The van der Waals surface area contributed by atoms with Gasteiger partial charge in [0.25, 0.3) is 0 Å². The molecule has 4 atom stereocenters. The third-order valence-electron chi connectivity index (χ3n) is 6.20. The molecule has 0 amide bonds. The van der Waals surface area contributed by atoms with Crippen molar-refractivity contribution in [3.63, 3.8) is 0 Å². The van der Waals surface area contributed by atoms with Crippen LogP contribution >= 0.6 is 0 Å². The van der Waals surface area contributed by atoms with Crippen molar-refractivity contribution < 1.29 is 43.1 Å². The number of aliphatic hydroxyl groups excluding tert-OH is 1. The molecule has 0 saturated carbocycles. The fourth-order valence-corrected chi connectivity index (χ4v) is 3.99. The fraction of sp³-hybridized carbons (Fsp3) is 0.345. The summed E-state index contributed by atoms with van der Waals surface area (Å²) in [4.78, 5) is 12.9. The van der Waals surface area contributed by atoms with Gasteiger partial charge in [0.1, 0.15) is 29.5 Å². The van der Waals surface area contributed by atoms with Crippen molar-refractivity contribution in [1.29, 1.82) is 0 Å². The zero-order chi connectivity index (χ0) is 26.9. The molecule has 9 heteroatoms. The highest BCUT2D eigenvalue weighted by Crippen LogP contribution is 2.26. The first-order chi connectivity index (χ1) is 18.5. The lowest BCUT2D eigenvalue weighted by atomic mass is 10.0. The van der Waals surface area contributed by atoms with Crippen LogP contribution < -0.4 is 14.2 Å². The van der Waals surface area contributed by atoms with Crippen LogP contribution in [0.5, 0.6) is 17.2 Å². The molecule has 1 aliphatic rings. The van der Waals surface area contributed by atoms with Crippen molar-refractivity contribution in [2.24, 2.45) is 0 Å². The van der Waals surface area contributed by atoms with Crippen LogP contribution in [-0.4, -0.2) is 63.6 Å². The van der Waals surface area contributed by atoms with Crippen molar-refractivity contribution in [2.45, 2.75) is 37.8 Å². The topological polar surface area (TPSA) is 102 Å². The zero-order valence-electron chi connectivity index (χ0n) is 21.6. The highest BCUT2D eigenvalue weighted by atomic mass is 16.7. The Morgan fingerprint density at radius 3 is 1.71 bits per heavy atom. The minimum atomic E-state index is -1.39. The van der Waals surface area contributed by atoms with Gasteiger partial charge in [0, 0.05) is 0 Å². The first kappa shape index (κ1) is 27.4. The van der Waals surface area contributed by atoms with E-state index in [1.165, 1.54) is 0 Å². The highest BCUT2D eigenvalue weighted by Gasteiger charge is 2.44. The summed E-state index contributed by atoms with van der Waals surface area (Å²) in [5.74, 6) is 1.44. The Bertz CT molecular complexity index is 1150.